The van der Waals surface area contributed by atoms with Crippen molar-refractivity contribution in [3.05, 3.63) is 12.2 Å². The molecule has 1 N–H and O–H groups in total. The van der Waals surface area contributed by atoms with E-state index in [1.54, 1.807) is 20.8 Å². The Balaban J connectivity index is 3.31. The number of hydrogen-bond donors (Lipinski definition) is 1. The first-order valence-corrected chi connectivity index (χ1v) is 12.5. The molecule has 0 aromatic carbocycles. The van der Waals surface area contributed by atoms with Gasteiger partial charge in [-0.25, -0.2) is 0 Å². The maximum absolute atomic E-state index is 11.6. The Bertz CT molecular complexity index is 412. The second-order valence-corrected chi connectivity index (χ2v) is 9.54. The molecule has 0 fully saturated rings. The lowest BCUT2D eigenvalue weighted by molar-refractivity contribution is -0.156. The number of aliphatic hydroxyl groups excluding tert-OH is 1. The molecule has 0 aliphatic rings. The summed E-state index contributed by atoms with van der Waals surface area (Å²) < 4.78 is 10.5. The maximum atomic E-state index is 11.6. The summed E-state index contributed by atoms with van der Waals surface area (Å²) in [6.07, 6.45) is 22.4. The summed E-state index contributed by atoms with van der Waals surface area (Å²) in [5.74, 6) is -0.306. The molecule has 0 aliphatic carbocycles. The van der Waals surface area contributed by atoms with Gasteiger partial charge in [-0.05, 0) is 33.6 Å². The van der Waals surface area contributed by atoms with Crippen LogP contribution in [0.3, 0.4) is 0 Å². The third kappa shape index (κ3) is 20.4. The molecular formula is C26H50O4. The van der Waals surface area contributed by atoms with Crippen LogP contribution in [0.2, 0.25) is 0 Å². The quantitative estimate of drug-likeness (QED) is 0.129. The van der Waals surface area contributed by atoms with Gasteiger partial charge in [-0.1, -0.05) is 96.1 Å². The Hall–Kier alpha value is -0.870. The monoisotopic (exact) mass is 426 g/mol. The Morgan fingerprint density at radius 1 is 0.800 bits per heavy atom. The maximum Gasteiger partial charge on any atom is 0.311 e. The van der Waals surface area contributed by atoms with Gasteiger partial charge in [0, 0.05) is 0 Å². The number of carbonyl (C=O) groups is 1. The van der Waals surface area contributed by atoms with Gasteiger partial charge < -0.3 is 14.6 Å². The summed E-state index contributed by atoms with van der Waals surface area (Å²) in [5, 5.41) is 9.77. The van der Waals surface area contributed by atoms with Crippen molar-refractivity contribution in [1.29, 1.82) is 0 Å². The standard InChI is InChI=1S/C26H50O4/c1-5-6-7-8-9-10-11-12-13-14-15-16-17-18-19-20-21-29-22-24(27)23-30-25(28)26(2,3)4/h19-20,24,27H,5-18,21-23H2,1-4H3/b20-19+/t24-/m0/s1. The molecule has 0 aromatic heterocycles. The van der Waals surface area contributed by atoms with E-state index < -0.39 is 11.5 Å². The normalized spacial score (nSPS) is 13.1. The molecule has 0 unspecified atom stereocenters. The Morgan fingerprint density at radius 3 is 1.80 bits per heavy atom. The Labute approximate surface area is 186 Å². The Kier molecular flexibility index (Phi) is 19.5. The van der Waals surface area contributed by atoms with Crippen LogP contribution in [0, 0.1) is 5.41 Å². The number of esters is 1. The van der Waals surface area contributed by atoms with Crippen LogP contribution in [0.25, 0.3) is 0 Å². The topological polar surface area (TPSA) is 55.8 Å². The molecule has 0 radical (unpaired) electrons. The SMILES string of the molecule is CCCCCCCCCCCCCCC/C=C/COC[C@H](O)COC(=O)C(C)(C)C. The van der Waals surface area contributed by atoms with Crippen LogP contribution < -0.4 is 0 Å². The number of rotatable bonds is 20. The van der Waals surface area contributed by atoms with Gasteiger partial charge >= 0.3 is 5.97 Å². The highest BCUT2D eigenvalue weighted by Gasteiger charge is 2.23. The number of aliphatic hydroxyl groups is 1. The van der Waals surface area contributed by atoms with Crippen molar-refractivity contribution in [2.75, 3.05) is 19.8 Å². The van der Waals surface area contributed by atoms with Crippen molar-refractivity contribution in [1.82, 2.24) is 0 Å². The molecule has 0 spiro atoms. The number of carbonyl (C=O) groups excluding carboxylic acids is 1. The molecule has 0 heterocycles. The molecule has 178 valence electrons. The van der Waals surface area contributed by atoms with Crippen molar-refractivity contribution in [3.8, 4) is 0 Å². The summed E-state index contributed by atoms with van der Waals surface area (Å²) in [5.41, 5.74) is -0.545. The molecule has 0 bridgehead atoms. The lowest BCUT2D eigenvalue weighted by atomic mass is 9.97. The second-order valence-electron chi connectivity index (χ2n) is 9.54. The van der Waals surface area contributed by atoms with Crippen molar-refractivity contribution >= 4 is 5.97 Å². The van der Waals surface area contributed by atoms with E-state index in [4.69, 9.17) is 9.47 Å². The van der Waals surface area contributed by atoms with Gasteiger partial charge in [0.1, 0.15) is 12.7 Å². The minimum Gasteiger partial charge on any atom is -0.462 e. The fourth-order valence-electron chi connectivity index (χ4n) is 3.17. The average molecular weight is 427 g/mol. The smallest absolute Gasteiger partial charge is 0.311 e. The van der Waals surface area contributed by atoms with E-state index in [-0.39, 0.29) is 19.2 Å². The highest BCUT2D eigenvalue weighted by Crippen LogP contribution is 2.15. The summed E-state index contributed by atoms with van der Waals surface area (Å²) in [6, 6.07) is 0. The zero-order valence-corrected chi connectivity index (χ0v) is 20.4. The molecule has 4 heteroatoms. The molecule has 0 aliphatic heterocycles. The average Bonchev–Trinajstić information content (AvgIpc) is 2.70. The summed E-state index contributed by atoms with van der Waals surface area (Å²) in [6.45, 7) is 8.30. The fraction of sp³-hybridized carbons (Fsp3) is 0.885. The third-order valence-electron chi connectivity index (χ3n) is 5.18. The molecule has 30 heavy (non-hydrogen) atoms. The second kappa shape index (κ2) is 20.1. The van der Waals surface area contributed by atoms with Gasteiger partial charge in [-0.2, -0.15) is 0 Å². The number of allylic oxidation sites excluding steroid dienone is 1. The van der Waals surface area contributed by atoms with E-state index in [1.165, 1.54) is 83.5 Å². The largest absolute Gasteiger partial charge is 0.462 e. The Morgan fingerprint density at radius 2 is 1.30 bits per heavy atom. The number of unbranched alkanes of at least 4 members (excludes halogenated alkanes) is 13. The highest BCUT2D eigenvalue weighted by molar-refractivity contribution is 5.75. The van der Waals surface area contributed by atoms with Crippen molar-refractivity contribution in [2.45, 2.75) is 124 Å². The zero-order valence-electron chi connectivity index (χ0n) is 20.4. The minimum absolute atomic E-state index is 0.0151. The van der Waals surface area contributed by atoms with Gasteiger partial charge in [-0.3, -0.25) is 4.79 Å². The van der Waals surface area contributed by atoms with Crippen molar-refractivity contribution < 1.29 is 19.4 Å². The van der Waals surface area contributed by atoms with Crippen LogP contribution in [0.15, 0.2) is 12.2 Å². The first kappa shape index (κ1) is 29.1. The molecule has 0 saturated heterocycles. The molecule has 1 atom stereocenters. The van der Waals surface area contributed by atoms with Gasteiger partial charge in [0.05, 0.1) is 18.6 Å². The van der Waals surface area contributed by atoms with E-state index >= 15 is 0 Å². The summed E-state index contributed by atoms with van der Waals surface area (Å²) in [4.78, 5) is 11.6. The summed E-state index contributed by atoms with van der Waals surface area (Å²) in [7, 11) is 0. The molecule has 4 nitrogen and oxygen atoms in total. The first-order valence-electron chi connectivity index (χ1n) is 12.5. The predicted octanol–water partition coefficient (Wildman–Crippen LogP) is 6.99. The van der Waals surface area contributed by atoms with E-state index in [2.05, 4.69) is 13.0 Å². The lowest BCUT2D eigenvalue weighted by Gasteiger charge is -2.18. The molecule has 0 saturated carbocycles. The molecule has 0 aromatic rings. The van der Waals surface area contributed by atoms with Crippen LogP contribution in [-0.2, 0) is 14.3 Å². The van der Waals surface area contributed by atoms with Gasteiger partial charge in [0.15, 0.2) is 0 Å². The van der Waals surface area contributed by atoms with Crippen LogP contribution in [-0.4, -0.2) is 37.0 Å². The number of ether oxygens (including phenoxy) is 2. The van der Waals surface area contributed by atoms with Crippen LogP contribution >= 0.6 is 0 Å². The van der Waals surface area contributed by atoms with Gasteiger partial charge in [0.25, 0.3) is 0 Å². The third-order valence-corrected chi connectivity index (χ3v) is 5.18. The van der Waals surface area contributed by atoms with E-state index in [0.29, 0.717) is 6.61 Å². The van der Waals surface area contributed by atoms with Crippen molar-refractivity contribution in [3.63, 3.8) is 0 Å². The lowest BCUT2D eigenvalue weighted by Crippen LogP contribution is -2.29. The van der Waals surface area contributed by atoms with Crippen molar-refractivity contribution in [2.24, 2.45) is 5.41 Å². The minimum atomic E-state index is -0.772. The van der Waals surface area contributed by atoms with Gasteiger partial charge in [-0.15, -0.1) is 0 Å². The summed E-state index contributed by atoms with van der Waals surface area (Å²) >= 11 is 0. The molecular weight excluding hydrogens is 376 g/mol. The molecule has 0 amide bonds. The predicted molar refractivity (Wildman–Crippen MR) is 127 cm³/mol. The zero-order chi connectivity index (χ0) is 22.5. The van der Waals surface area contributed by atoms with E-state index in [0.717, 1.165) is 6.42 Å². The van der Waals surface area contributed by atoms with E-state index in [1.807, 2.05) is 6.08 Å². The van der Waals surface area contributed by atoms with Crippen LogP contribution in [0.5, 0.6) is 0 Å². The highest BCUT2D eigenvalue weighted by atomic mass is 16.5. The molecule has 0 rings (SSSR count). The fourth-order valence-corrected chi connectivity index (χ4v) is 3.17. The number of hydrogen-bond acceptors (Lipinski definition) is 4. The van der Waals surface area contributed by atoms with Crippen LogP contribution in [0.1, 0.15) is 118 Å². The first-order chi connectivity index (χ1) is 14.4. The van der Waals surface area contributed by atoms with E-state index in [9.17, 15) is 9.90 Å². The van der Waals surface area contributed by atoms with Gasteiger partial charge in [0.2, 0.25) is 0 Å². The van der Waals surface area contributed by atoms with Crippen LogP contribution in [0.4, 0.5) is 0 Å².